The maximum atomic E-state index is 3.88. The molecule has 1 aromatic heterocycles. The molecule has 4 bridgehead atoms. The molecule has 4 fully saturated rings. The molecule has 1 nitrogen and oxygen atoms in total. The summed E-state index contributed by atoms with van der Waals surface area (Å²) in [4.78, 5) is 0. The standard InChI is InChI=1S/C18H26BrNS/c1-3-20-16(14-9-21-10-15(14)19)18-7-12-4-13(8-18)6-17(2,5-12)11-18/h9-10,12-13,16,20H,3-8,11H2,1-2H3. The van der Waals surface area contributed by atoms with Gasteiger partial charge in [-0.1, -0.05) is 13.8 Å². The van der Waals surface area contributed by atoms with Gasteiger partial charge in [-0.25, -0.2) is 0 Å². The molecule has 0 aliphatic heterocycles. The molecule has 21 heavy (non-hydrogen) atoms. The molecule has 0 aromatic carbocycles. The third kappa shape index (κ3) is 2.35. The molecule has 5 rings (SSSR count). The van der Waals surface area contributed by atoms with Crippen LogP contribution < -0.4 is 5.32 Å². The van der Waals surface area contributed by atoms with Crippen LogP contribution in [0.25, 0.3) is 0 Å². The van der Waals surface area contributed by atoms with E-state index in [-0.39, 0.29) is 0 Å². The number of hydrogen-bond donors (Lipinski definition) is 1. The van der Waals surface area contributed by atoms with Gasteiger partial charge in [0.1, 0.15) is 0 Å². The lowest BCUT2D eigenvalue weighted by atomic mass is 9.43. The van der Waals surface area contributed by atoms with Crippen LogP contribution in [0.3, 0.4) is 0 Å². The normalized spacial score (nSPS) is 42.4. The molecule has 0 radical (unpaired) electrons. The lowest BCUT2D eigenvalue weighted by Gasteiger charge is -2.63. The van der Waals surface area contributed by atoms with E-state index in [1.165, 1.54) is 48.6 Å². The van der Waals surface area contributed by atoms with E-state index in [1.807, 2.05) is 11.3 Å². The van der Waals surface area contributed by atoms with Crippen LogP contribution in [0.1, 0.15) is 64.0 Å². The average Bonchev–Trinajstić information content (AvgIpc) is 2.78. The molecule has 3 heteroatoms. The van der Waals surface area contributed by atoms with Gasteiger partial charge < -0.3 is 5.32 Å². The van der Waals surface area contributed by atoms with E-state index >= 15 is 0 Å². The molecule has 3 atom stereocenters. The molecule has 1 heterocycles. The van der Waals surface area contributed by atoms with E-state index in [0.29, 0.717) is 16.9 Å². The first kappa shape index (κ1) is 14.7. The van der Waals surface area contributed by atoms with Crippen LogP contribution in [0, 0.1) is 22.7 Å². The van der Waals surface area contributed by atoms with E-state index in [4.69, 9.17) is 0 Å². The summed E-state index contributed by atoms with van der Waals surface area (Å²) in [6.45, 7) is 5.90. The average molecular weight is 368 g/mol. The fraction of sp³-hybridized carbons (Fsp3) is 0.778. The predicted molar refractivity (Wildman–Crippen MR) is 93.7 cm³/mol. The van der Waals surface area contributed by atoms with Crippen molar-refractivity contribution in [2.45, 2.75) is 58.4 Å². The summed E-state index contributed by atoms with van der Waals surface area (Å²) < 4.78 is 1.32. The number of halogens is 1. The van der Waals surface area contributed by atoms with Gasteiger partial charge in [0, 0.05) is 15.9 Å². The summed E-state index contributed by atoms with van der Waals surface area (Å²) in [5.41, 5.74) is 2.66. The zero-order chi connectivity index (χ0) is 14.7. The summed E-state index contributed by atoms with van der Waals surface area (Å²) in [5.74, 6) is 1.99. The van der Waals surface area contributed by atoms with Crippen LogP contribution in [0.4, 0.5) is 0 Å². The Hall–Kier alpha value is 0.140. The Morgan fingerprint density at radius 2 is 2.00 bits per heavy atom. The van der Waals surface area contributed by atoms with Crippen LogP contribution in [-0.4, -0.2) is 6.54 Å². The van der Waals surface area contributed by atoms with Gasteiger partial charge in [-0.3, -0.25) is 0 Å². The molecular weight excluding hydrogens is 342 g/mol. The molecule has 4 aliphatic carbocycles. The number of nitrogens with one attached hydrogen (secondary N) is 1. The van der Waals surface area contributed by atoms with Crippen molar-refractivity contribution in [2.24, 2.45) is 22.7 Å². The Morgan fingerprint density at radius 3 is 2.52 bits per heavy atom. The maximum absolute atomic E-state index is 3.88. The SMILES string of the molecule is CCNC(c1cscc1Br)C12CC3CC(CC(C)(C3)C1)C2. The smallest absolute Gasteiger partial charge is 0.0397 e. The first-order valence-electron chi connectivity index (χ1n) is 8.49. The van der Waals surface area contributed by atoms with E-state index < -0.39 is 0 Å². The Morgan fingerprint density at radius 1 is 1.29 bits per heavy atom. The summed E-state index contributed by atoms with van der Waals surface area (Å²) in [6, 6.07) is 0.549. The summed E-state index contributed by atoms with van der Waals surface area (Å²) in [7, 11) is 0. The minimum atomic E-state index is 0.512. The van der Waals surface area contributed by atoms with Crippen LogP contribution in [0.2, 0.25) is 0 Å². The summed E-state index contributed by atoms with van der Waals surface area (Å²) in [6.07, 6.45) is 8.86. The molecule has 0 amide bonds. The monoisotopic (exact) mass is 367 g/mol. The van der Waals surface area contributed by atoms with Gasteiger partial charge in [0.15, 0.2) is 0 Å². The van der Waals surface area contributed by atoms with Gasteiger partial charge >= 0.3 is 0 Å². The highest BCUT2D eigenvalue weighted by atomic mass is 79.9. The Kier molecular flexibility index (Phi) is 3.55. The van der Waals surface area contributed by atoms with Gasteiger partial charge in [-0.05, 0) is 94.6 Å². The predicted octanol–water partition coefficient (Wildman–Crippen LogP) is 5.77. The van der Waals surface area contributed by atoms with Crippen LogP contribution in [0.5, 0.6) is 0 Å². The Labute approximate surface area is 141 Å². The van der Waals surface area contributed by atoms with Crippen molar-refractivity contribution in [3.8, 4) is 0 Å². The second-order valence-electron chi connectivity index (χ2n) is 8.30. The van der Waals surface area contributed by atoms with Gasteiger partial charge in [-0.15, -0.1) is 0 Å². The molecule has 0 spiro atoms. The number of thiophene rings is 1. The van der Waals surface area contributed by atoms with Crippen molar-refractivity contribution < 1.29 is 0 Å². The van der Waals surface area contributed by atoms with E-state index in [1.54, 1.807) is 0 Å². The third-order valence-corrected chi connectivity index (χ3v) is 8.12. The molecule has 3 unspecified atom stereocenters. The van der Waals surface area contributed by atoms with Crippen molar-refractivity contribution in [3.63, 3.8) is 0 Å². The molecule has 1 aromatic rings. The summed E-state index contributed by atoms with van der Waals surface area (Å²) in [5, 5.41) is 8.50. The molecule has 0 saturated heterocycles. The fourth-order valence-electron chi connectivity index (χ4n) is 6.49. The highest BCUT2D eigenvalue weighted by Crippen LogP contribution is 2.68. The minimum Gasteiger partial charge on any atom is -0.310 e. The zero-order valence-electron chi connectivity index (χ0n) is 13.1. The Bertz CT molecular complexity index is 523. The summed E-state index contributed by atoms with van der Waals surface area (Å²) >= 11 is 5.64. The van der Waals surface area contributed by atoms with E-state index in [2.05, 4.69) is 45.9 Å². The van der Waals surface area contributed by atoms with Gasteiger partial charge in [-0.2, -0.15) is 11.3 Å². The van der Waals surface area contributed by atoms with Crippen molar-refractivity contribution in [1.29, 1.82) is 0 Å². The fourth-order valence-corrected chi connectivity index (χ4v) is 8.05. The zero-order valence-corrected chi connectivity index (χ0v) is 15.5. The van der Waals surface area contributed by atoms with Crippen molar-refractivity contribution in [3.05, 3.63) is 20.8 Å². The Balaban J connectivity index is 1.74. The minimum absolute atomic E-state index is 0.512. The second kappa shape index (κ2) is 5.07. The highest BCUT2D eigenvalue weighted by Gasteiger charge is 2.58. The molecule has 1 N–H and O–H groups in total. The third-order valence-electron chi connectivity index (χ3n) is 6.37. The van der Waals surface area contributed by atoms with Crippen molar-refractivity contribution >= 4 is 27.3 Å². The quantitative estimate of drug-likeness (QED) is 0.712. The van der Waals surface area contributed by atoms with Gasteiger partial charge in [0.05, 0.1) is 0 Å². The van der Waals surface area contributed by atoms with Crippen LogP contribution >= 0.6 is 27.3 Å². The van der Waals surface area contributed by atoms with Gasteiger partial charge in [0.2, 0.25) is 0 Å². The largest absolute Gasteiger partial charge is 0.310 e. The molecular formula is C18H26BrNS. The van der Waals surface area contributed by atoms with Crippen molar-refractivity contribution in [1.82, 2.24) is 5.32 Å². The number of hydrogen-bond acceptors (Lipinski definition) is 2. The first-order valence-corrected chi connectivity index (χ1v) is 10.2. The molecule has 4 aliphatic rings. The van der Waals surface area contributed by atoms with Crippen LogP contribution in [-0.2, 0) is 0 Å². The van der Waals surface area contributed by atoms with E-state index in [9.17, 15) is 0 Å². The van der Waals surface area contributed by atoms with Crippen LogP contribution in [0.15, 0.2) is 15.2 Å². The maximum Gasteiger partial charge on any atom is 0.0397 e. The number of rotatable bonds is 4. The highest BCUT2D eigenvalue weighted by molar-refractivity contribution is 9.10. The van der Waals surface area contributed by atoms with Gasteiger partial charge in [0.25, 0.3) is 0 Å². The molecule has 116 valence electrons. The second-order valence-corrected chi connectivity index (χ2v) is 9.90. The topological polar surface area (TPSA) is 12.0 Å². The molecule has 4 saturated carbocycles. The van der Waals surface area contributed by atoms with E-state index in [0.717, 1.165) is 18.4 Å². The first-order chi connectivity index (χ1) is 10.0. The lowest BCUT2D eigenvalue weighted by Crippen LogP contribution is -2.55. The van der Waals surface area contributed by atoms with Crippen molar-refractivity contribution in [2.75, 3.05) is 6.54 Å². The lowest BCUT2D eigenvalue weighted by molar-refractivity contribution is -0.119.